The maximum atomic E-state index is 13.1. The minimum Gasteiger partial charge on any atom is -0.345 e. The van der Waals surface area contributed by atoms with Crippen LogP contribution < -0.4 is 5.32 Å². The number of pyridine rings is 1. The number of rotatable bonds is 3. The summed E-state index contributed by atoms with van der Waals surface area (Å²) >= 11 is 0. The van der Waals surface area contributed by atoms with Crippen LogP contribution in [0.1, 0.15) is 50.9 Å². The van der Waals surface area contributed by atoms with Crippen LogP contribution in [0, 0.1) is 6.92 Å². The summed E-state index contributed by atoms with van der Waals surface area (Å²) in [5, 5.41) is 7.00. The number of aryl methyl sites for hydroxylation is 2. The van der Waals surface area contributed by atoms with E-state index >= 15 is 0 Å². The van der Waals surface area contributed by atoms with Gasteiger partial charge in [0.15, 0.2) is 0 Å². The molecular weight excluding hydrogens is 438 g/mol. The summed E-state index contributed by atoms with van der Waals surface area (Å²) in [7, 11) is 0. The average molecular weight is 454 g/mol. The van der Waals surface area contributed by atoms with Gasteiger partial charge < -0.3 is 5.32 Å². The molecule has 4 rings (SSSR count). The fourth-order valence-electron chi connectivity index (χ4n) is 3.66. The standard InChI is InChI=1S/C21H16F6N4O/c1-11-6-12(8-13(7-11)20(22,23)24)19(32)29-16-2-3-17-15(16)10-31(30-17)14-4-5-28-18(9-14)21(25,26)27/h4-10,16H,2-3H2,1H3,(H,29,32)/t16-/m0/s1. The van der Waals surface area contributed by atoms with Gasteiger partial charge >= 0.3 is 12.4 Å². The highest BCUT2D eigenvalue weighted by Gasteiger charge is 2.34. The van der Waals surface area contributed by atoms with Crippen molar-refractivity contribution in [2.45, 2.75) is 38.2 Å². The van der Waals surface area contributed by atoms with Gasteiger partial charge in [-0.3, -0.25) is 9.78 Å². The van der Waals surface area contributed by atoms with Crippen molar-refractivity contribution < 1.29 is 31.1 Å². The van der Waals surface area contributed by atoms with E-state index in [0.717, 1.165) is 24.4 Å². The zero-order valence-electron chi connectivity index (χ0n) is 16.6. The molecule has 1 aromatic carbocycles. The fourth-order valence-corrected chi connectivity index (χ4v) is 3.66. The second-order valence-electron chi connectivity index (χ2n) is 7.52. The van der Waals surface area contributed by atoms with Gasteiger partial charge in [-0.25, -0.2) is 4.68 Å². The number of aromatic nitrogens is 3. The van der Waals surface area contributed by atoms with Crippen molar-refractivity contribution in [3.05, 3.63) is 76.4 Å². The Bertz CT molecular complexity index is 1180. The van der Waals surface area contributed by atoms with Crippen LogP contribution in [0.5, 0.6) is 0 Å². The molecule has 2 aromatic heterocycles. The van der Waals surface area contributed by atoms with Gasteiger partial charge in [0.25, 0.3) is 5.91 Å². The Hall–Kier alpha value is -3.37. The second kappa shape index (κ2) is 7.64. The Balaban J connectivity index is 1.57. The van der Waals surface area contributed by atoms with Gasteiger partial charge in [0.2, 0.25) is 0 Å². The molecule has 0 aliphatic heterocycles. The lowest BCUT2D eigenvalue weighted by molar-refractivity contribution is -0.141. The van der Waals surface area contributed by atoms with Crippen molar-refractivity contribution in [2.24, 2.45) is 0 Å². The number of carbonyl (C=O) groups is 1. The molecule has 1 N–H and O–H groups in total. The SMILES string of the molecule is Cc1cc(C(=O)N[C@H]2CCc3nn(-c4ccnc(C(F)(F)F)c4)cc32)cc(C(F)(F)F)c1. The molecule has 1 atom stereocenters. The van der Waals surface area contributed by atoms with Crippen molar-refractivity contribution in [1.82, 2.24) is 20.1 Å². The molecule has 11 heteroatoms. The summed E-state index contributed by atoms with van der Waals surface area (Å²) in [4.78, 5) is 16.0. The minimum absolute atomic E-state index is 0.123. The van der Waals surface area contributed by atoms with Crippen molar-refractivity contribution in [3.8, 4) is 5.69 Å². The van der Waals surface area contributed by atoms with Crippen molar-refractivity contribution in [2.75, 3.05) is 0 Å². The van der Waals surface area contributed by atoms with E-state index in [4.69, 9.17) is 0 Å². The van der Waals surface area contributed by atoms with Crippen LogP contribution in [0.15, 0.2) is 42.7 Å². The van der Waals surface area contributed by atoms with Crippen LogP contribution in [0.2, 0.25) is 0 Å². The number of halogens is 6. The smallest absolute Gasteiger partial charge is 0.345 e. The number of amides is 1. The quantitative estimate of drug-likeness (QED) is 0.565. The number of carbonyl (C=O) groups excluding carboxylic acids is 1. The Kier molecular flexibility index (Phi) is 5.22. The third-order valence-corrected chi connectivity index (χ3v) is 5.14. The van der Waals surface area contributed by atoms with Crippen LogP contribution in [0.3, 0.4) is 0 Å². The molecule has 0 saturated carbocycles. The summed E-state index contributed by atoms with van der Waals surface area (Å²) in [6.45, 7) is 1.47. The molecule has 0 radical (unpaired) electrons. The number of nitrogens with one attached hydrogen (secondary N) is 1. The first kappa shape index (κ1) is 21.8. The topological polar surface area (TPSA) is 59.8 Å². The molecule has 2 heterocycles. The number of hydrogen-bond acceptors (Lipinski definition) is 3. The highest BCUT2D eigenvalue weighted by atomic mass is 19.4. The molecule has 32 heavy (non-hydrogen) atoms. The van der Waals surface area contributed by atoms with Crippen LogP contribution in [-0.4, -0.2) is 20.7 Å². The number of hydrogen-bond donors (Lipinski definition) is 1. The van der Waals surface area contributed by atoms with E-state index in [-0.39, 0.29) is 11.3 Å². The van der Waals surface area contributed by atoms with Gasteiger partial charge in [0.05, 0.1) is 23.0 Å². The lowest BCUT2D eigenvalue weighted by Crippen LogP contribution is -2.27. The molecule has 0 saturated heterocycles. The first-order valence-electron chi connectivity index (χ1n) is 9.53. The Labute approximate surface area is 178 Å². The summed E-state index contributed by atoms with van der Waals surface area (Å²) in [6.07, 6.45) is -5.70. The van der Waals surface area contributed by atoms with Crippen molar-refractivity contribution in [3.63, 3.8) is 0 Å². The zero-order valence-corrected chi connectivity index (χ0v) is 16.6. The van der Waals surface area contributed by atoms with Gasteiger partial charge in [-0.05, 0) is 55.7 Å². The van der Waals surface area contributed by atoms with Crippen molar-refractivity contribution in [1.29, 1.82) is 0 Å². The summed E-state index contributed by atoms with van der Waals surface area (Å²) < 4.78 is 79.3. The first-order chi connectivity index (χ1) is 14.9. The van der Waals surface area contributed by atoms with Crippen LogP contribution in [0.25, 0.3) is 5.69 Å². The van der Waals surface area contributed by atoms with Gasteiger partial charge in [-0.1, -0.05) is 0 Å². The number of fused-ring (bicyclic) bond motifs is 1. The molecule has 0 unspecified atom stereocenters. The van der Waals surface area contributed by atoms with E-state index < -0.39 is 35.6 Å². The lowest BCUT2D eigenvalue weighted by atomic mass is 10.0. The zero-order chi connectivity index (χ0) is 23.3. The molecular formula is C21H16F6N4O. The molecule has 1 amide bonds. The average Bonchev–Trinajstić information content (AvgIpc) is 3.28. The molecule has 5 nitrogen and oxygen atoms in total. The molecule has 1 aliphatic rings. The number of alkyl halides is 6. The van der Waals surface area contributed by atoms with Gasteiger partial charge in [0.1, 0.15) is 5.69 Å². The summed E-state index contributed by atoms with van der Waals surface area (Å²) in [5.41, 5.74) is -0.449. The van der Waals surface area contributed by atoms with E-state index in [1.165, 1.54) is 29.9 Å². The first-order valence-corrected chi connectivity index (χ1v) is 9.53. The molecule has 0 fully saturated rings. The van der Waals surface area contributed by atoms with Gasteiger partial charge in [-0.2, -0.15) is 31.4 Å². The maximum absolute atomic E-state index is 13.1. The van der Waals surface area contributed by atoms with Gasteiger partial charge in [0, 0.05) is 23.5 Å². The van der Waals surface area contributed by atoms with E-state index in [9.17, 15) is 31.1 Å². The minimum atomic E-state index is -4.61. The van der Waals surface area contributed by atoms with Crippen LogP contribution in [-0.2, 0) is 18.8 Å². The molecule has 3 aromatic rings. The van der Waals surface area contributed by atoms with E-state index in [2.05, 4.69) is 15.4 Å². The highest BCUT2D eigenvalue weighted by molar-refractivity contribution is 5.95. The fraction of sp³-hybridized carbons (Fsp3) is 0.286. The predicted molar refractivity (Wildman–Crippen MR) is 101 cm³/mol. The van der Waals surface area contributed by atoms with Crippen LogP contribution >= 0.6 is 0 Å². The van der Waals surface area contributed by atoms with E-state index in [0.29, 0.717) is 29.7 Å². The molecule has 168 valence electrons. The monoisotopic (exact) mass is 454 g/mol. The second-order valence-corrected chi connectivity index (χ2v) is 7.52. The Morgan fingerprint density at radius 1 is 1.09 bits per heavy atom. The van der Waals surface area contributed by atoms with Gasteiger partial charge in [-0.15, -0.1) is 0 Å². The largest absolute Gasteiger partial charge is 0.433 e. The van der Waals surface area contributed by atoms with Crippen LogP contribution in [0.4, 0.5) is 26.3 Å². The number of benzene rings is 1. The molecule has 0 bridgehead atoms. The molecule has 1 aliphatic carbocycles. The Morgan fingerprint density at radius 3 is 2.53 bits per heavy atom. The van der Waals surface area contributed by atoms with E-state index in [1.807, 2.05) is 0 Å². The molecule has 0 spiro atoms. The maximum Gasteiger partial charge on any atom is 0.433 e. The van der Waals surface area contributed by atoms with E-state index in [1.54, 1.807) is 0 Å². The number of nitrogens with zero attached hydrogens (tertiary/aromatic N) is 3. The summed E-state index contributed by atoms with van der Waals surface area (Å²) in [5.74, 6) is -0.673. The lowest BCUT2D eigenvalue weighted by Gasteiger charge is -2.15. The Morgan fingerprint density at radius 2 is 1.84 bits per heavy atom. The third kappa shape index (κ3) is 4.32. The third-order valence-electron chi connectivity index (χ3n) is 5.14. The summed E-state index contributed by atoms with van der Waals surface area (Å²) in [6, 6.07) is 4.82. The predicted octanol–water partition coefficient (Wildman–Crippen LogP) is 5.03. The van der Waals surface area contributed by atoms with Crippen molar-refractivity contribution >= 4 is 5.91 Å². The highest BCUT2D eigenvalue weighted by Crippen LogP contribution is 2.34. The normalized spacial score (nSPS) is 16.2.